The van der Waals surface area contributed by atoms with E-state index in [1.165, 1.54) is 12.1 Å². The van der Waals surface area contributed by atoms with Gasteiger partial charge in [-0.25, -0.2) is 14.1 Å². The Morgan fingerprint density at radius 3 is 2.67 bits per heavy atom. The molecule has 3 aromatic carbocycles. The number of carbonyl (C=O) groups is 2. The number of nitrogens with one attached hydrogen (secondary N) is 1. The molecule has 0 radical (unpaired) electrons. The van der Waals surface area contributed by atoms with Crippen molar-refractivity contribution in [1.29, 1.82) is 0 Å². The first-order valence-electron chi connectivity index (χ1n) is 13.7. The van der Waals surface area contributed by atoms with Crippen LogP contribution in [0, 0.1) is 19.7 Å². The predicted molar refractivity (Wildman–Crippen MR) is 158 cm³/mol. The highest BCUT2D eigenvalue weighted by Gasteiger charge is 2.40. The van der Waals surface area contributed by atoms with Gasteiger partial charge in [0.25, 0.3) is 5.91 Å². The van der Waals surface area contributed by atoms with Gasteiger partial charge in [0.2, 0.25) is 0 Å². The van der Waals surface area contributed by atoms with Crippen molar-refractivity contribution in [3.8, 4) is 5.69 Å². The third-order valence-corrected chi connectivity index (χ3v) is 8.37. The predicted octanol–water partition coefficient (Wildman–Crippen LogP) is 5.92. The number of aryl methyl sites for hydroxylation is 3. The number of aromatic nitrogens is 4. The van der Waals surface area contributed by atoms with Crippen molar-refractivity contribution < 1.29 is 19.1 Å². The molecule has 0 spiro atoms. The Morgan fingerprint density at radius 1 is 1.12 bits per heavy atom. The molecule has 0 saturated heterocycles. The van der Waals surface area contributed by atoms with Crippen LogP contribution in [0.1, 0.15) is 51.4 Å². The fourth-order valence-electron chi connectivity index (χ4n) is 6.05. The van der Waals surface area contributed by atoms with Gasteiger partial charge in [0.05, 0.1) is 28.2 Å². The molecule has 2 aromatic heterocycles. The van der Waals surface area contributed by atoms with Crippen molar-refractivity contribution in [1.82, 2.24) is 24.6 Å². The van der Waals surface area contributed by atoms with Crippen LogP contribution in [0.2, 0.25) is 5.02 Å². The average Bonchev–Trinajstić information content (AvgIpc) is 3.52. The Hall–Kier alpha value is -4.50. The first kappa shape index (κ1) is 27.7. The highest BCUT2D eigenvalue weighted by atomic mass is 35.5. The van der Waals surface area contributed by atoms with Crippen LogP contribution in [0.4, 0.5) is 4.39 Å². The minimum atomic E-state index is -0.923. The molecule has 0 saturated carbocycles. The molecule has 1 aliphatic carbocycles. The molecular weight excluding hydrogens is 557 g/mol. The van der Waals surface area contributed by atoms with Crippen LogP contribution >= 0.6 is 11.6 Å². The number of amides is 1. The summed E-state index contributed by atoms with van der Waals surface area (Å²) in [5, 5.41) is 18.2. The Bertz CT molecular complexity index is 1860. The highest BCUT2D eigenvalue weighted by molar-refractivity contribution is 6.34. The standard InChI is InChI=1S/C32H29ClFN5O3/c1-19-6-8-24-26-17-32(21-4-3-5-22(34)15-21,12-10-28(26)38(29(24)14-19)13-11-30(40)41)36-31(42)25-9-7-23(16-27(25)33)39-18-35-20(2)37-39/h3-9,14-16,18H,10-13,17H2,1-2H3,(H,36,42)(H,40,41). The molecule has 6 rings (SSSR count). The van der Waals surface area contributed by atoms with Gasteiger partial charge >= 0.3 is 5.97 Å². The normalized spacial score (nSPS) is 16.4. The van der Waals surface area contributed by atoms with Crippen molar-refractivity contribution >= 4 is 34.4 Å². The second kappa shape index (κ2) is 10.7. The monoisotopic (exact) mass is 585 g/mol. The molecule has 214 valence electrons. The van der Waals surface area contributed by atoms with E-state index >= 15 is 0 Å². The summed E-state index contributed by atoms with van der Waals surface area (Å²) >= 11 is 6.62. The lowest BCUT2D eigenvalue weighted by atomic mass is 9.74. The maximum Gasteiger partial charge on any atom is 0.305 e. The van der Waals surface area contributed by atoms with Gasteiger partial charge in [-0.05, 0) is 79.8 Å². The lowest BCUT2D eigenvalue weighted by molar-refractivity contribution is -0.137. The van der Waals surface area contributed by atoms with Crippen molar-refractivity contribution in [2.45, 2.75) is 51.6 Å². The summed E-state index contributed by atoms with van der Waals surface area (Å²) in [4.78, 5) is 29.5. The van der Waals surface area contributed by atoms with Gasteiger partial charge in [-0.3, -0.25) is 9.59 Å². The van der Waals surface area contributed by atoms with Crippen LogP contribution in [0.5, 0.6) is 0 Å². The van der Waals surface area contributed by atoms with Crippen molar-refractivity contribution in [3.63, 3.8) is 0 Å². The van der Waals surface area contributed by atoms with E-state index in [1.807, 2.05) is 25.1 Å². The van der Waals surface area contributed by atoms with Gasteiger partial charge in [-0.15, -0.1) is 0 Å². The third kappa shape index (κ3) is 5.05. The lowest BCUT2D eigenvalue weighted by Gasteiger charge is -2.39. The van der Waals surface area contributed by atoms with Gasteiger partial charge in [0.15, 0.2) is 0 Å². The zero-order chi connectivity index (χ0) is 29.6. The number of carbonyl (C=O) groups excluding carboxylic acids is 1. The summed E-state index contributed by atoms with van der Waals surface area (Å²) in [6.07, 6.45) is 3.04. The summed E-state index contributed by atoms with van der Waals surface area (Å²) in [5.41, 5.74) is 4.79. The molecule has 42 heavy (non-hydrogen) atoms. The van der Waals surface area contributed by atoms with E-state index in [-0.39, 0.29) is 17.4 Å². The number of hydrogen-bond donors (Lipinski definition) is 2. The molecule has 1 unspecified atom stereocenters. The van der Waals surface area contributed by atoms with Crippen LogP contribution in [0.25, 0.3) is 16.6 Å². The number of hydrogen-bond acceptors (Lipinski definition) is 4. The summed E-state index contributed by atoms with van der Waals surface area (Å²) in [6, 6.07) is 17.5. The molecule has 1 atom stereocenters. The number of nitrogens with zero attached hydrogens (tertiary/aromatic N) is 4. The second-order valence-corrected chi connectivity index (χ2v) is 11.3. The molecule has 8 nitrogen and oxygen atoms in total. The maximum atomic E-state index is 14.6. The fraction of sp³-hybridized carbons (Fsp3) is 0.250. The average molecular weight is 586 g/mol. The Morgan fingerprint density at radius 2 is 1.95 bits per heavy atom. The van der Waals surface area contributed by atoms with Crippen LogP contribution in [-0.4, -0.2) is 36.3 Å². The Labute approximate surface area is 246 Å². The Balaban J connectivity index is 1.41. The van der Waals surface area contributed by atoms with Crippen molar-refractivity contribution in [3.05, 3.63) is 112 Å². The van der Waals surface area contributed by atoms with Gasteiger partial charge in [-0.1, -0.05) is 35.9 Å². The maximum absolute atomic E-state index is 14.6. The number of carboxylic acids is 1. The number of benzene rings is 3. The van der Waals surface area contributed by atoms with Crippen LogP contribution in [0.15, 0.2) is 67.0 Å². The number of halogens is 2. The molecule has 5 aromatic rings. The zero-order valence-electron chi connectivity index (χ0n) is 23.2. The first-order valence-corrected chi connectivity index (χ1v) is 14.1. The Kier molecular flexibility index (Phi) is 7.06. The van der Waals surface area contributed by atoms with E-state index in [1.54, 1.807) is 42.2 Å². The number of rotatable bonds is 7. The molecule has 0 bridgehead atoms. The van der Waals surface area contributed by atoms with E-state index in [0.29, 0.717) is 48.4 Å². The molecule has 10 heteroatoms. The second-order valence-electron chi connectivity index (χ2n) is 10.9. The number of fused-ring (bicyclic) bond motifs is 3. The minimum Gasteiger partial charge on any atom is -0.481 e. The summed E-state index contributed by atoms with van der Waals surface area (Å²) in [5.74, 6) is -1.02. The SMILES string of the molecule is Cc1ccc2c3c(n(CCC(=O)O)c2c1)CCC(NC(=O)c1ccc(-n2cnc(C)n2)cc1Cl)(c1cccc(F)c1)C3. The topological polar surface area (TPSA) is 102 Å². The van der Waals surface area contributed by atoms with Crippen molar-refractivity contribution in [2.24, 2.45) is 0 Å². The quantitative estimate of drug-likeness (QED) is 0.247. The third-order valence-electron chi connectivity index (χ3n) is 8.06. The number of carboxylic acid groups (broad SMARTS) is 1. The van der Waals surface area contributed by atoms with Gasteiger partial charge < -0.3 is 15.0 Å². The van der Waals surface area contributed by atoms with E-state index in [2.05, 4.69) is 26.0 Å². The van der Waals surface area contributed by atoms with E-state index in [4.69, 9.17) is 11.6 Å². The largest absolute Gasteiger partial charge is 0.481 e. The van der Waals surface area contributed by atoms with Crippen molar-refractivity contribution in [2.75, 3.05) is 0 Å². The smallest absolute Gasteiger partial charge is 0.305 e. The van der Waals surface area contributed by atoms with Gasteiger partial charge in [0.1, 0.15) is 18.0 Å². The molecule has 2 heterocycles. The van der Waals surface area contributed by atoms with Crippen LogP contribution in [-0.2, 0) is 29.7 Å². The van der Waals surface area contributed by atoms with Gasteiger partial charge in [0, 0.05) is 29.6 Å². The fourth-order valence-corrected chi connectivity index (χ4v) is 6.31. The molecular formula is C32H29ClFN5O3. The summed E-state index contributed by atoms with van der Waals surface area (Å²) in [6.45, 7) is 4.13. The van der Waals surface area contributed by atoms with Crippen LogP contribution < -0.4 is 5.32 Å². The molecule has 0 aliphatic heterocycles. The zero-order valence-corrected chi connectivity index (χ0v) is 24.0. The van der Waals surface area contributed by atoms with E-state index < -0.39 is 17.3 Å². The van der Waals surface area contributed by atoms with E-state index in [0.717, 1.165) is 27.7 Å². The summed E-state index contributed by atoms with van der Waals surface area (Å²) < 4.78 is 18.3. The van der Waals surface area contributed by atoms with E-state index in [9.17, 15) is 19.1 Å². The van der Waals surface area contributed by atoms with Crippen LogP contribution in [0.3, 0.4) is 0 Å². The molecule has 1 amide bonds. The molecule has 2 N–H and O–H groups in total. The molecule has 1 aliphatic rings. The molecule has 0 fully saturated rings. The van der Waals surface area contributed by atoms with Gasteiger partial charge in [-0.2, -0.15) is 5.10 Å². The highest BCUT2D eigenvalue weighted by Crippen LogP contribution is 2.42. The lowest BCUT2D eigenvalue weighted by Crippen LogP contribution is -2.50. The first-order chi connectivity index (χ1) is 20.1. The number of aliphatic carboxylic acids is 1. The summed E-state index contributed by atoms with van der Waals surface area (Å²) in [7, 11) is 0. The minimum absolute atomic E-state index is 0.00140.